The van der Waals surface area contributed by atoms with Gasteiger partial charge in [0.05, 0.1) is 15.3 Å². The molecule has 0 amide bonds. The number of aryl methyl sites for hydroxylation is 1. The van der Waals surface area contributed by atoms with Crippen LogP contribution in [0.1, 0.15) is 24.2 Å². The van der Waals surface area contributed by atoms with Crippen molar-refractivity contribution in [2.75, 3.05) is 0 Å². The summed E-state index contributed by atoms with van der Waals surface area (Å²) in [7, 11) is 0. The molecule has 1 heterocycles. The Morgan fingerprint density at radius 1 is 1.31 bits per heavy atom. The molecule has 0 saturated heterocycles. The highest BCUT2D eigenvalue weighted by molar-refractivity contribution is 14.1. The molecule has 0 N–H and O–H groups in total. The minimum atomic E-state index is -0.206. The zero-order valence-corrected chi connectivity index (χ0v) is 11.3. The lowest BCUT2D eigenvalue weighted by Gasteiger charge is -2.12. The first-order valence-corrected chi connectivity index (χ1v) is 6.12. The molecule has 2 aromatic rings. The van der Waals surface area contributed by atoms with Crippen LogP contribution in [0.5, 0.6) is 0 Å². The van der Waals surface area contributed by atoms with Crippen molar-refractivity contribution in [1.82, 2.24) is 9.78 Å². The Morgan fingerprint density at radius 2 is 1.94 bits per heavy atom. The van der Waals surface area contributed by atoms with Gasteiger partial charge in [0.2, 0.25) is 0 Å². The van der Waals surface area contributed by atoms with Gasteiger partial charge in [0.15, 0.2) is 0 Å². The van der Waals surface area contributed by atoms with Gasteiger partial charge in [-0.05, 0) is 54.1 Å². The molecule has 0 spiro atoms. The minimum Gasteiger partial charge on any atom is -0.264 e. The number of aromatic nitrogens is 2. The molecular weight excluding hydrogens is 318 g/mol. The van der Waals surface area contributed by atoms with Crippen molar-refractivity contribution < 1.29 is 4.39 Å². The molecule has 4 heteroatoms. The Kier molecular flexibility index (Phi) is 3.28. The van der Waals surface area contributed by atoms with Crippen LogP contribution in [0.3, 0.4) is 0 Å². The highest BCUT2D eigenvalue weighted by Crippen LogP contribution is 2.19. The van der Waals surface area contributed by atoms with E-state index in [0.717, 1.165) is 14.8 Å². The lowest BCUT2D eigenvalue weighted by Crippen LogP contribution is -2.07. The van der Waals surface area contributed by atoms with Crippen molar-refractivity contribution in [1.29, 1.82) is 0 Å². The summed E-state index contributed by atoms with van der Waals surface area (Å²) in [6, 6.07) is 6.68. The molecule has 2 nitrogen and oxygen atoms in total. The first-order valence-electron chi connectivity index (χ1n) is 5.04. The van der Waals surface area contributed by atoms with Crippen LogP contribution in [0.2, 0.25) is 0 Å². The number of halogens is 2. The van der Waals surface area contributed by atoms with Gasteiger partial charge < -0.3 is 0 Å². The largest absolute Gasteiger partial charge is 0.264 e. The number of benzene rings is 1. The van der Waals surface area contributed by atoms with Gasteiger partial charge in [0.25, 0.3) is 0 Å². The topological polar surface area (TPSA) is 17.8 Å². The van der Waals surface area contributed by atoms with Gasteiger partial charge in [0, 0.05) is 6.20 Å². The first-order chi connectivity index (χ1) is 7.58. The van der Waals surface area contributed by atoms with E-state index in [4.69, 9.17) is 0 Å². The summed E-state index contributed by atoms with van der Waals surface area (Å²) in [6.07, 6.45) is 2.00. The fourth-order valence-electron chi connectivity index (χ4n) is 1.55. The summed E-state index contributed by atoms with van der Waals surface area (Å²) in [5, 5.41) is 4.42. The minimum absolute atomic E-state index is 0.128. The zero-order valence-electron chi connectivity index (χ0n) is 9.11. The van der Waals surface area contributed by atoms with E-state index >= 15 is 0 Å². The Morgan fingerprint density at radius 3 is 2.44 bits per heavy atom. The Hall–Kier alpha value is -0.910. The van der Waals surface area contributed by atoms with E-state index in [-0.39, 0.29) is 11.9 Å². The fraction of sp³-hybridized carbons (Fsp3) is 0.250. The van der Waals surface area contributed by atoms with Crippen LogP contribution in [0.15, 0.2) is 30.5 Å². The van der Waals surface area contributed by atoms with Crippen LogP contribution < -0.4 is 0 Å². The lowest BCUT2D eigenvalue weighted by atomic mass is 10.1. The SMILES string of the molecule is Cc1nn(C(C)c2ccc(F)cc2)cc1I. The molecule has 1 aromatic heterocycles. The number of rotatable bonds is 2. The van der Waals surface area contributed by atoms with Gasteiger partial charge in [0.1, 0.15) is 5.82 Å². The average Bonchev–Trinajstić information content (AvgIpc) is 2.59. The van der Waals surface area contributed by atoms with E-state index in [1.54, 1.807) is 12.1 Å². The van der Waals surface area contributed by atoms with E-state index < -0.39 is 0 Å². The standard InChI is InChI=1S/C12H12FIN2/c1-8-12(14)7-16(15-8)9(2)10-3-5-11(13)6-4-10/h3-7,9H,1-2H3. The van der Waals surface area contributed by atoms with Crippen LogP contribution >= 0.6 is 22.6 Å². The molecule has 0 saturated carbocycles. The molecule has 0 fully saturated rings. The Bertz CT molecular complexity index is 471. The predicted molar refractivity (Wildman–Crippen MR) is 69.9 cm³/mol. The first kappa shape index (κ1) is 11.6. The van der Waals surface area contributed by atoms with Gasteiger partial charge >= 0.3 is 0 Å². The smallest absolute Gasteiger partial charge is 0.123 e. The summed E-state index contributed by atoms with van der Waals surface area (Å²) in [6.45, 7) is 4.03. The Labute approximate surface area is 108 Å². The third-order valence-electron chi connectivity index (χ3n) is 2.61. The van der Waals surface area contributed by atoms with Crippen molar-refractivity contribution in [3.8, 4) is 0 Å². The molecule has 0 aliphatic heterocycles. The molecule has 1 aromatic carbocycles. The van der Waals surface area contributed by atoms with Crippen LogP contribution in [-0.4, -0.2) is 9.78 Å². The molecule has 2 rings (SSSR count). The van der Waals surface area contributed by atoms with Crippen molar-refractivity contribution in [3.63, 3.8) is 0 Å². The highest BCUT2D eigenvalue weighted by atomic mass is 127. The Balaban J connectivity index is 2.31. The van der Waals surface area contributed by atoms with Crippen molar-refractivity contribution >= 4 is 22.6 Å². The summed E-state index contributed by atoms with van der Waals surface area (Å²) in [4.78, 5) is 0. The molecule has 1 atom stereocenters. The van der Waals surface area contributed by atoms with Crippen LogP contribution in [-0.2, 0) is 0 Å². The summed E-state index contributed by atoms with van der Waals surface area (Å²) < 4.78 is 15.8. The van der Waals surface area contributed by atoms with E-state index in [1.165, 1.54) is 12.1 Å². The number of nitrogens with zero attached hydrogens (tertiary/aromatic N) is 2. The monoisotopic (exact) mass is 330 g/mol. The van der Waals surface area contributed by atoms with Gasteiger partial charge in [-0.15, -0.1) is 0 Å². The number of hydrogen-bond acceptors (Lipinski definition) is 1. The molecule has 1 unspecified atom stereocenters. The third-order valence-corrected chi connectivity index (χ3v) is 3.67. The van der Waals surface area contributed by atoms with Crippen LogP contribution in [0.4, 0.5) is 4.39 Å². The van der Waals surface area contributed by atoms with Crippen molar-refractivity contribution in [2.24, 2.45) is 0 Å². The molecule has 0 bridgehead atoms. The average molecular weight is 330 g/mol. The van der Waals surface area contributed by atoms with Gasteiger partial charge in [-0.2, -0.15) is 5.10 Å². The maximum Gasteiger partial charge on any atom is 0.123 e. The van der Waals surface area contributed by atoms with E-state index in [9.17, 15) is 4.39 Å². The maximum absolute atomic E-state index is 12.8. The van der Waals surface area contributed by atoms with Crippen molar-refractivity contribution in [3.05, 3.63) is 51.1 Å². The van der Waals surface area contributed by atoms with Crippen LogP contribution in [0.25, 0.3) is 0 Å². The molecule has 16 heavy (non-hydrogen) atoms. The second kappa shape index (κ2) is 4.53. The zero-order chi connectivity index (χ0) is 11.7. The molecule has 0 aliphatic rings. The summed E-state index contributed by atoms with van der Waals surface area (Å²) in [5.41, 5.74) is 2.08. The molecule has 0 radical (unpaired) electrons. The van der Waals surface area contributed by atoms with E-state index in [0.29, 0.717) is 0 Å². The molecular formula is C12H12FIN2. The second-order valence-corrected chi connectivity index (χ2v) is 4.93. The van der Waals surface area contributed by atoms with Gasteiger partial charge in [-0.25, -0.2) is 4.39 Å². The molecule has 0 aliphatic carbocycles. The van der Waals surface area contributed by atoms with Gasteiger partial charge in [-0.1, -0.05) is 12.1 Å². The molecule has 84 valence electrons. The normalized spacial score (nSPS) is 12.8. The highest BCUT2D eigenvalue weighted by Gasteiger charge is 2.10. The predicted octanol–water partition coefficient (Wildman–Crippen LogP) is 3.54. The van der Waals surface area contributed by atoms with E-state index in [2.05, 4.69) is 34.6 Å². The quantitative estimate of drug-likeness (QED) is 0.770. The lowest BCUT2D eigenvalue weighted by molar-refractivity contribution is 0.557. The summed E-state index contributed by atoms with van der Waals surface area (Å²) in [5.74, 6) is -0.206. The summed E-state index contributed by atoms with van der Waals surface area (Å²) >= 11 is 2.26. The van der Waals surface area contributed by atoms with Gasteiger partial charge in [-0.3, -0.25) is 4.68 Å². The number of hydrogen-bond donors (Lipinski definition) is 0. The second-order valence-electron chi connectivity index (χ2n) is 3.77. The van der Waals surface area contributed by atoms with Crippen LogP contribution in [0, 0.1) is 16.3 Å². The fourth-order valence-corrected chi connectivity index (χ4v) is 1.95. The maximum atomic E-state index is 12.8. The third kappa shape index (κ3) is 2.26. The van der Waals surface area contributed by atoms with Crippen molar-refractivity contribution in [2.45, 2.75) is 19.9 Å². The van der Waals surface area contributed by atoms with E-state index in [1.807, 2.05) is 17.8 Å².